The van der Waals surface area contributed by atoms with Gasteiger partial charge >= 0.3 is 6.18 Å². The van der Waals surface area contributed by atoms with E-state index in [0.717, 1.165) is 30.2 Å². The maximum atomic E-state index is 13.2. The van der Waals surface area contributed by atoms with Crippen LogP contribution in [0.4, 0.5) is 18.9 Å². The standard InChI is InChI=1S/C22H27F3N2/c1-14(13-26)8-10-18-15(2)19-12-17(22(23,24)25)9-11-20(19)27-21(18)16-6-4-3-5-7-16/h3-7,9,11-12,14-15,18,21,27H,8,10,13,26H2,1-2H3/t14-,15+,18-,21?/m1/s1. The Morgan fingerprint density at radius 2 is 1.81 bits per heavy atom. The molecule has 4 atom stereocenters. The number of halogens is 3. The lowest BCUT2D eigenvalue weighted by molar-refractivity contribution is -0.137. The van der Waals surface area contributed by atoms with Gasteiger partial charge in [0, 0.05) is 5.69 Å². The largest absolute Gasteiger partial charge is 0.416 e. The Morgan fingerprint density at radius 1 is 1.11 bits per heavy atom. The Morgan fingerprint density at radius 3 is 2.44 bits per heavy atom. The van der Waals surface area contributed by atoms with Crippen molar-refractivity contribution in [2.75, 3.05) is 11.9 Å². The molecule has 1 aliphatic heterocycles. The minimum absolute atomic E-state index is 0.0266. The summed E-state index contributed by atoms with van der Waals surface area (Å²) in [5, 5.41) is 3.52. The Kier molecular flexibility index (Phi) is 5.80. The van der Waals surface area contributed by atoms with E-state index < -0.39 is 11.7 Å². The van der Waals surface area contributed by atoms with Gasteiger partial charge in [-0.3, -0.25) is 0 Å². The lowest BCUT2D eigenvalue weighted by Crippen LogP contribution is -2.31. The molecule has 2 aromatic rings. The van der Waals surface area contributed by atoms with Gasteiger partial charge < -0.3 is 11.1 Å². The van der Waals surface area contributed by atoms with Crippen molar-refractivity contribution in [2.24, 2.45) is 17.6 Å². The highest BCUT2D eigenvalue weighted by Gasteiger charge is 2.37. The van der Waals surface area contributed by atoms with Crippen LogP contribution in [-0.4, -0.2) is 6.54 Å². The average Bonchev–Trinajstić information content (AvgIpc) is 2.66. The minimum Gasteiger partial charge on any atom is -0.378 e. The van der Waals surface area contributed by atoms with E-state index in [1.54, 1.807) is 6.07 Å². The zero-order valence-electron chi connectivity index (χ0n) is 15.8. The summed E-state index contributed by atoms with van der Waals surface area (Å²) in [5.74, 6) is 0.632. The van der Waals surface area contributed by atoms with Gasteiger partial charge in [-0.15, -0.1) is 0 Å². The number of nitrogens with two attached hydrogens (primary N) is 1. The van der Waals surface area contributed by atoms with Crippen LogP contribution >= 0.6 is 0 Å². The van der Waals surface area contributed by atoms with Gasteiger partial charge in [0.05, 0.1) is 11.6 Å². The molecule has 146 valence electrons. The number of alkyl halides is 3. The second-order valence-electron chi connectivity index (χ2n) is 7.70. The third-order valence-corrected chi connectivity index (χ3v) is 5.80. The molecule has 1 aliphatic rings. The molecule has 0 bridgehead atoms. The lowest BCUT2D eigenvalue weighted by atomic mass is 9.73. The summed E-state index contributed by atoms with van der Waals surface area (Å²) in [6.45, 7) is 4.79. The average molecular weight is 376 g/mol. The highest BCUT2D eigenvalue weighted by atomic mass is 19.4. The molecule has 1 unspecified atom stereocenters. The molecule has 0 spiro atoms. The molecule has 2 aromatic carbocycles. The molecule has 0 saturated heterocycles. The Hall–Kier alpha value is -2.01. The summed E-state index contributed by atoms with van der Waals surface area (Å²) in [6.07, 6.45) is -2.44. The van der Waals surface area contributed by atoms with Crippen LogP contribution in [0.3, 0.4) is 0 Å². The Balaban J connectivity index is 1.97. The van der Waals surface area contributed by atoms with Crippen molar-refractivity contribution in [3.63, 3.8) is 0 Å². The summed E-state index contributed by atoms with van der Waals surface area (Å²) >= 11 is 0. The van der Waals surface area contributed by atoms with Crippen LogP contribution in [0.1, 0.15) is 55.3 Å². The van der Waals surface area contributed by atoms with Crippen molar-refractivity contribution in [2.45, 2.75) is 44.8 Å². The van der Waals surface area contributed by atoms with Crippen LogP contribution < -0.4 is 11.1 Å². The number of nitrogens with one attached hydrogen (secondary N) is 1. The molecular weight excluding hydrogens is 349 g/mol. The first-order valence-electron chi connectivity index (χ1n) is 9.54. The van der Waals surface area contributed by atoms with Crippen LogP contribution in [0.25, 0.3) is 0 Å². The minimum atomic E-state index is -4.32. The van der Waals surface area contributed by atoms with Crippen molar-refractivity contribution >= 4 is 5.69 Å². The van der Waals surface area contributed by atoms with Gasteiger partial charge in [-0.1, -0.05) is 44.2 Å². The second kappa shape index (κ2) is 7.93. The van der Waals surface area contributed by atoms with E-state index in [0.29, 0.717) is 12.5 Å². The van der Waals surface area contributed by atoms with Crippen LogP contribution in [-0.2, 0) is 6.18 Å². The predicted octanol–water partition coefficient (Wildman–Crippen LogP) is 5.97. The molecule has 2 nitrogen and oxygen atoms in total. The van der Waals surface area contributed by atoms with E-state index in [-0.39, 0.29) is 17.9 Å². The summed E-state index contributed by atoms with van der Waals surface area (Å²) in [6, 6.07) is 14.3. The lowest BCUT2D eigenvalue weighted by Gasteiger charge is -2.40. The fourth-order valence-electron chi connectivity index (χ4n) is 4.04. The number of rotatable bonds is 5. The van der Waals surface area contributed by atoms with E-state index >= 15 is 0 Å². The molecule has 0 amide bonds. The van der Waals surface area contributed by atoms with Crippen molar-refractivity contribution in [3.05, 3.63) is 65.2 Å². The Bertz CT molecular complexity index is 758. The fourth-order valence-corrected chi connectivity index (χ4v) is 4.04. The van der Waals surface area contributed by atoms with Gasteiger partial charge in [0.2, 0.25) is 0 Å². The van der Waals surface area contributed by atoms with E-state index in [9.17, 15) is 13.2 Å². The molecule has 27 heavy (non-hydrogen) atoms. The quantitative estimate of drug-likeness (QED) is 0.675. The first-order valence-corrected chi connectivity index (χ1v) is 9.54. The van der Waals surface area contributed by atoms with Crippen LogP contribution in [0, 0.1) is 11.8 Å². The zero-order valence-corrected chi connectivity index (χ0v) is 15.8. The number of hydrogen-bond acceptors (Lipinski definition) is 2. The van der Waals surface area contributed by atoms with E-state index in [4.69, 9.17) is 5.73 Å². The second-order valence-corrected chi connectivity index (χ2v) is 7.70. The van der Waals surface area contributed by atoms with Gasteiger partial charge in [-0.05, 0) is 66.5 Å². The molecule has 0 aromatic heterocycles. The third-order valence-electron chi connectivity index (χ3n) is 5.80. The summed E-state index contributed by atoms with van der Waals surface area (Å²) < 4.78 is 39.6. The molecule has 5 heteroatoms. The predicted molar refractivity (Wildman–Crippen MR) is 104 cm³/mol. The molecule has 0 fully saturated rings. The first-order chi connectivity index (χ1) is 12.8. The Labute approximate surface area is 159 Å². The molecule has 0 saturated carbocycles. The highest BCUT2D eigenvalue weighted by molar-refractivity contribution is 5.59. The third kappa shape index (κ3) is 4.29. The van der Waals surface area contributed by atoms with Crippen LogP contribution in [0.5, 0.6) is 0 Å². The molecule has 3 N–H and O–H groups in total. The molecule has 0 radical (unpaired) electrons. The topological polar surface area (TPSA) is 38.0 Å². The van der Waals surface area contributed by atoms with Gasteiger partial charge in [-0.25, -0.2) is 0 Å². The van der Waals surface area contributed by atoms with Gasteiger partial charge in [-0.2, -0.15) is 13.2 Å². The maximum Gasteiger partial charge on any atom is 0.416 e. The zero-order chi connectivity index (χ0) is 19.6. The first kappa shape index (κ1) is 19.7. The van der Waals surface area contributed by atoms with Crippen molar-refractivity contribution < 1.29 is 13.2 Å². The maximum absolute atomic E-state index is 13.2. The van der Waals surface area contributed by atoms with Crippen LogP contribution in [0.2, 0.25) is 0 Å². The van der Waals surface area contributed by atoms with Gasteiger partial charge in [0.15, 0.2) is 0 Å². The molecular formula is C22H27F3N2. The summed E-state index contributed by atoms with van der Waals surface area (Å²) in [4.78, 5) is 0. The molecule has 1 heterocycles. The number of fused-ring (bicyclic) bond motifs is 1. The number of anilines is 1. The normalized spacial score (nSPS) is 23.4. The smallest absolute Gasteiger partial charge is 0.378 e. The molecule has 0 aliphatic carbocycles. The van der Waals surface area contributed by atoms with Gasteiger partial charge in [0.25, 0.3) is 0 Å². The summed E-state index contributed by atoms with van der Waals surface area (Å²) in [7, 11) is 0. The number of benzene rings is 2. The van der Waals surface area contributed by atoms with E-state index in [2.05, 4.69) is 24.4 Å². The van der Waals surface area contributed by atoms with Crippen LogP contribution in [0.15, 0.2) is 48.5 Å². The van der Waals surface area contributed by atoms with Crippen molar-refractivity contribution in [1.29, 1.82) is 0 Å². The van der Waals surface area contributed by atoms with Crippen molar-refractivity contribution in [3.8, 4) is 0 Å². The van der Waals surface area contributed by atoms with E-state index in [1.807, 2.05) is 25.1 Å². The highest BCUT2D eigenvalue weighted by Crippen LogP contribution is 2.48. The van der Waals surface area contributed by atoms with E-state index in [1.165, 1.54) is 11.6 Å². The number of hydrogen-bond donors (Lipinski definition) is 2. The van der Waals surface area contributed by atoms with Gasteiger partial charge in [0.1, 0.15) is 0 Å². The summed E-state index contributed by atoms with van der Waals surface area (Å²) in [5.41, 5.74) is 7.91. The molecule has 3 rings (SSSR count). The SMILES string of the molecule is C[C@@H](CN)CC[C@H]1C(c2ccccc2)Nc2ccc(C(F)(F)F)cc2[C@H]1C. The van der Waals surface area contributed by atoms with Crippen molar-refractivity contribution in [1.82, 2.24) is 0 Å². The fraction of sp³-hybridized carbons (Fsp3) is 0.455. The monoisotopic (exact) mass is 376 g/mol.